The van der Waals surface area contributed by atoms with Crippen molar-refractivity contribution in [1.29, 1.82) is 0 Å². The molecule has 2 N–H and O–H groups in total. The lowest BCUT2D eigenvalue weighted by atomic mass is 10.2. The highest BCUT2D eigenvalue weighted by atomic mass is 35.5. The Morgan fingerprint density at radius 2 is 1.70 bits per heavy atom. The summed E-state index contributed by atoms with van der Waals surface area (Å²) in [4.78, 5) is 11.8. The number of hydrazone groups is 1. The highest BCUT2D eigenvalue weighted by Crippen LogP contribution is 2.13. The van der Waals surface area contributed by atoms with Gasteiger partial charge in [-0.25, -0.2) is 18.6 Å². The van der Waals surface area contributed by atoms with Gasteiger partial charge in [0.2, 0.25) is 0 Å². The van der Waals surface area contributed by atoms with Crippen LogP contribution in [0.15, 0.2) is 58.5 Å². The SMILES string of the molecule is CS(=O)(=O)c1ccc(NC(=O)N/N=C\c2ccc(Cl)cc2)cc1. The van der Waals surface area contributed by atoms with Crippen molar-refractivity contribution in [3.05, 3.63) is 59.1 Å². The Morgan fingerprint density at radius 1 is 1.09 bits per heavy atom. The zero-order chi connectivity index (χ0) is 16.9. The van der Waals surface area contributed by atoms with Crippen LogP contribution >= 0.6 is 11.6 Å². The number of anilines is 1. The molecule has 0 heterocycles. The number of carbonyl (C=O) groups is 1. The molecule has 0 aromatic heterocycles. The minimum atomic E-state index is -3.26. The second kappa shape index (κ2) is 7.26. The van der Waals surface area contributed by atoms with Gasteiger partial charge in [-0.3, -0.25) is 0 Å². The molecule has 0 aliphatic rings. The highest BCUT2D eigenvalue weighted by molar-refractivity contribution is 7.90. The fourth-order valence-corrected chi connectivity index (χ4v) is 2.42. The molecule has 0 bridgehead atoms. The number of benzene rings is 2. The van der Waals surface area contributed by atoms with Crippen LogP contribution in [-0.2, 0) is 9.84 Å². The predicted octanol–water partition coefficient (Wildman–Crippen LogP) is 2.90. The summed E-state index contributed by atoms with van der Waals surface area (Å²) in [5.41, 5.74) is 3.55. The summed E-state index contributed by atoms with van der Waals surface area (Å²) in [7, 11) is -3.26. The maximum atomic E-state index is 11.7. The molecule has 0 saturated heterocycles. The first kappa shape index (κ1) is 17.0. The minimum absolute atomic E-state index is 0.184. The van der Waals surface area contributed by atoms with E-state index in [0.29, 0.717) is 10.7 Å². The highest BCUT2D eigenvalue weighted by Gasteiger charge is 2.07. The molecule has 120 valence electrons. The second-order valence-electron chi connectivity index (χ2n) is 4.67. The lowest BCUT2D eigenvalue weighted by Gasteiger charge is -2.05. The van der Waals surface area contributed by atoms with Gasteiger partial charge in [0, 0.05) is 17.0 Å². The van der Waals surface area contributed by atoms with E-state index in [1.807, 2.05) is 0 Å². The number of nitrogens with zero attached hydrogens (tertiary/aromatic N) is 1. The number of hydrogen-bond acceptors (Lipinski definition) is 4. The van der Waals surface area contributed by atoms with E-state index >= 15 is 0 Å². The molecular formula is C15H14ClN3O3S. The van der Waals surface area contributed by atoms with Gasteiger partial charge in [-0.2, -0.15) is 5.10 Å². The number of carbonyl (C=O) groups excluding carboxylic acids is 1. The molecule has 0 unspecified atom stereocenters. The molecule has 2 aromatic rings. The molecule has 0 atom stereocenters. The van der Waals surface area contributed by atoms with E-state index < -0.39 is 15.9 Å². The summed E-state index contributed by atoms with van der Waals surface area (Å²) in [6.45, 7) is 0. The van der Waals surface area contributed by atoms with Crippen LogP contribution in [0.4, 0.5) is 10.5 Å². The number of urea groups is 1. The molecule has 2 amide bonds. The number of halogens is 1. The Morgan fingerprint density at radius 3 is 2.26 bits per heavy atom. The summed E-state index contributed by atoms with van der Waals surface area (Å²) in [6.07, 6.45) is 2.59. The first-order valence-electron chi connectivity index (χ1n) is 6.50. The van der Waals surface area contributed by atoms with Gasteiger partial charge in [-0.05, 0) is 42.0 Å². The van der Waals surface area contributed by atoms with Crippen LogP contribution in [0.1, 0.15) is 5.56 Å². The number of hydrogen-bond donors (Lipinski definition) is 2. The van der Waals surface area contributed by atoms with Crippen LogP contribution in [0.5, 0.6) is 0 Å². The van der Waals surface area contributed by atoms with Crippen molar-refractivity contribution in [2.75, 3.05) is 11.6 Å². The van der Waals surface area contributed by atoms with E-state index in [9.17, 15) is 13.2 Å². The lowest BCUT2D eigenvalue weighted by Crippen LogP contribution is -2.24. The van der Waals surface area contributed by atoms with Crippen LogP contribution in [0.25, 0.3) is 0 Å². The largest absolute Gasteiger partial charge is 0.339 e. The standard InChI is InChI=1S/C15H14ClN3O3S/c1-23(21,22)14-8-6-13(7-9-14)18-15(20)19-17-10-11-2-4-12(16)5-3-11/h2-10H,1H3,(H2,18,19,20)/b17-10-. The van der Waals surface area contributed by atoms with E-state index in [4.69, 9.17) is 11.6 Å². The van der Waals surface area contributed by atoms with Gasteiger partial charge in [0.15, 0.2) is 9.84 Å². The fourth-order valence-electron chi connectivity index (χ4n) is 1.66. The van der Waals surface area contributed by atoms with Gasteiger partial charge in [0.25, 0.3) is 0 Å². The fraction of sp³-hybridized carbons (Fsp3) is 0.0667. The summed E-state index contributed by atoms with van der Waals surface area (Å²) in [5, 5.41) is 6.95. The zero-order valence-electron chi connectivity index (χ0n) is 12.2. The first-order chi connectivity index (χ1) is 10.8. The smallest absolute Gasteiger partial charge is 0.307 e. The van der Waals surface area contributed by atoms with Gasteiger partial charge in [-0.1, -0.05) is 23.7 Å². The Balaban J connectivity index is 1.91. The molecule has 23 heavy (non-hydrogen) atoms. The number of sulfone groups is 1. The molecule has 0 saturated carbocycles. The molecule has 0 fully saturated rings. The monoisotopic (exact) mass is 351 g/mol. The van der Waals surface area contributed by atoms with Crippen molar-refractivity contribution in [3.63, 3.8) is 0 Å². The van der Waals surface area contributed by atoms with Crippen molar-refractivity contribution >= 4 is 39.4 Å². The minimum Gasteiger partial charge on any atom is -0.307 e. The molecule has 2 rings (SSSR count). The van der Waals surface area contributed by atoms with E-state index in [-0.39, 0.29) is 4.90 Å². The second-order valence-corrected chi connectivity index (χ2v) is 7.12. The van der Waals surface area contributed by atoms with Crippen molar-refractivity contribution in [2.24, 2.45) is 5.10 Å². The normalized spacial score (nSPS) is 11.4. The van der Waals surface area contributed by atoms with Crippen molar-refractivity contribution < 1.29 is 13.2 Å². The van der Waals surface area contributed by atoms with E-state index in [2.05, 4.69) is 15.8 Å². The van der Waals surface area contributed by atoms with Gasteiger partial charge < -0.3 is 5.32 Å². The summed E-state index contributed by atoms with van der Waals surface area (Å²) >= 11 is 5.76. The number of amides is 2. The number of rotatable bonds is 4. The Hall–Kier alpha value is -2.38. The zero-order valence-corrected chi connectivity index (χ0v) is 13.7. The molecule has 6 nitrogen and oxygen atoms in total. The van der Waals surface area contributed by atoms with Gasteiger partial charge >= 0.3 is 6.03 Å². The third-order valence-corrected chi connectivity index (χ3v) is 4.17. The van der Waals surface area contributed by atoms with Crippen LogP contribution < -0.4 is 10.7 Å². The van der Waals surface area contributed by atoms with E-state index in [0.717, 1.165) is 11.8 Å². The topological polar surface area (TPSA) is 87.6 Å². The Bertz CT molecular complexity index is 816. The third-order valence-electron chi connectivity index (χ3n) is 2.79. The molecule has 8 heteroatoms. The van der Waals surface area contributed by atoms with Crippen molar-refractivity contribution in [1.82, 2.24) is 5.43 Å². The molecular weight excluding hydrogens is 338 g/mol. The van der Waals surface area contributed by atoms with Crippen LogP contribution in [-0.4, -0.2) is 26.9 Å². The van der Waals surface area contributed by atoms with Gasteiger partial charge in [0.1, 0.15) is 0 Å². The van der Waals surface area contributed by atoms with E-state index in [1.54, 1.807) is 24.3 Å². The van der Waals surface area contributed by atoms with Gasteiger partial charge in [-0.15, -0.1) is 0 Å². The van der Waals surface area contributed by atoms with Crippen LogP contribution in [0, 0.1) is 0 Å². The first-order valence-corrected chi connectivity index (χ1v) is 8.77. The average Bonchev–Trinajstić information content (AvgIpc) is 2.49. The molecule has 0 radical (unpaired) electrons. The summed E-state index contributed by atoms with van der Waals surface area (Å²) in [5.74, 6) is 0. The molecule has 2 aromatic carbocycles. The summed E-state index contributed by atoms with van der Waals surface area (Å²) < 4.78 is 22.7. The Kier molecular flexibility index (Phi) is 5.36. The summed E-state index contributed by atoms with van der Waals surface area (Å²) in [6, 6.07) is 12.2. The number of nitrogens with one attached hydrogen (secondary N) is 2. The average molecular weight is 352 g/mol. The lowest BCUT2D eigenvalue weighted by molar-refractivity contribution is 0.252. The predicted molar refractivity (Wildman–Crippen MR) is 90.8 cm³/mol. The van der Waals surface area contributed by atoms with Crippen molar-refractivity contribution in [3.8, 4) is 0 Å². The van der Waals surface area contributed by atoms with Crippen LogP contribution in [0.2, 0.25) is 5.02 Å². The molecule has 0 aliphatic carbocycles. The Labute approximate surface area is 139 Å². The quantitative estimate of drug-likeness (QED) is 0.655. The molecule has 0 aliphatic heterocycles. The van der Waals surface area contributed by atoms with Crippen molar-refractivity contribution in [2.45, 2.75) is 4.90 Å². The van der Waals surface area contributed by atoms with Gasteiger partial charge in [0.05, 0.1) is 11.1 Å². The maximum absolute atomic E-state index is 11.7. The van der Waals surface area contributed by atoms with E-state index in [1.165, 1.54) is 30.5 Å². The third kappa shape index (κ3) is 5.39. The maximum Gasteiger partial charge on any atom is 0.339 e. The molecule has 0 spiro atoms. The van der Waals surface area contributed by atoms with Crippen LogP contribution in [0.3, 0.4) is 0 Å².